The minimum atomic E-state index is -0.408. The molecule has 7 nitrogen and oxygen atoms in total. The number of ether oxygens (including phenoxy) is 3. The van der Waals surface area contributed by atoms with E-state index in [1.54, 1.807) is 56.7 Å². The number of nitrogens with one attached hydrogen (secondary N) is 1. The van der Waals surface area contributed by atoms with Crippen molar-refractivity contribution in [3.63, 3.8) is 0 Å². The molecule has 1 N–H and O–H groups in total. The number of hydrogen-bond acceptors (Lipinski definition) is 6. The smallest absolute Gasteiger partial charge is 0.277 e. The first kappa shape index (κ1) is 20.3. The maximum atomic E-state index is 12.8. The van der Waals surface area contributed by atoms with Crippen LogP contribution in [0.5, 0.6) is 17.2 Å². The first-order chi connectivity index (χ1) is 13.8. The standard InChI is InChI=1S/C22H24N2O5/c1-13(2)29-16-8-6-14(7-9-16)19-20(22(26)24(3)21(19)25)23-15-10-17(27-4)12-18(11-15)28-5/h6-13,23H,1-5H3. The first-order valence-electron chi connectivity index (χ1n) is 9.18. The van der Waals surface area contributed by atoms with Crippen LogP contribution >= 0.6 is 0 Å². The van der Waals surface area contributed by atoms with Gasteiger partial charge in [0.05, 0.1) is 25.9 Å². The van der Waals surface area contributed by atoms with Crippen LogP contribution in [0.15, 0.2) is 48.2 Å². The Morgan fingerprint density at radius 2 is 1.45 bits per heavy atom. The van der Waals surface area contributed by atoms with E-state index in [9.17, 15) is 9.59 Å². The van der Waals surface area contributed by atoms with E-state index in [0.29, 0.717) is 34.1 Å². The Bertz CT molecular complexity index is 941. The van der Waals surface area contributed by atoms with Gasteiger partial charge in [-0.1, -0.05) is 12.1 Å². The quantitative estimate of drug-likeness (QED) is 0.724. The molecule has 0 aliphatic carbocycles. The molecule has 0 bridgehead atoms. The van der Waals surface area contributed by atoms with Crippen LogP contribution in [-0.4, -0.2) is 44.1 Å². The van der Waals surface area contributed by atoms with Crippen molar-refractivity contribution in [1.82, 2.24) is 4.90 Å². The molecule has 1 aliphatic rings. The summed E-state index contributed by atoms with van der Waals surface area (Å²) in [6, 6.07) is 12.3. The Kier molecular flexibility index (Phi) is 5.77. The molecule has 2 aromatic rings. The van der Waals surface area contributed by atoms with Crippen molar-refractivity contribution in [1.29, 1.82) is 0 Å². The average Bonchev–Trinajstić information content (AvgIpc) is 2.91. The Morgan fingerprint density at radius 1 is 0.862 bits per heavy atom. The summed E-state index contributed by atoms with van der Waals surface area (Å²) in [5, 5.41) is 3.07. The van der Waals surface area contributed by atoms with E-state index in [1.807, 2.05) is 13.8 Å². The zero-order chi connectivity index (χ0) is 21.1. The second-order valence-corrected chi connectivity index (χ2v) is 6.84. The monoisotopic (exact) mass is 396 g/mol. The highest BCUT2D eigenvalue weighted by atomic mass is 16.5. The number of nitrogens with zero attached hydrogens (tertiary/aromatic N) is 1. The van der Waals surface area contributed by atoms with Crippen LogP contribution < -0.4 is 19.5 Å². The van der Waals surface area contributed by atoms with E-state index in [2.05, 4.69) is 5.32 Å². The predicted octanol–water partition coefficient (Wildman–Crippen LogP) is 3.31. The zero-order valence-electron chi connectivity index (χ0n) is 17.1. The number of amides is 2. The van der Waals surface area contributed by atoms with Crippen LogP contribution in [0.2, 0.25) is 0 Å². The predicted molar refractivity (Wildman–Crippen MR) is 110 cm³/mol. The largest absolute Gasteiger partial charge is 0.497 e. The van der Waals surface area contributed by atoms with E-state index in [0.717, 1.165) is 4.90 Å². The maximum Gasteiger partial charge on any atom is 0.277 e. The third-order valence-corrected chi connectivity index (χ3v) is 4.42. The molecule has 0 saturated carbocycles. The Balaban J connectivity index is 2.02. The lowest BCUT2D eigenvalue weighted by Crippen LogP contribution is -2.27. The summed E-state index contributed by atoms with van der Waals surface area (Å²) in [7, 11) is 4.55. The number of likely N-dealkylation sites (N-methyl/N-ethyl adjacent to an activating group) is 1. The van der Waals surface area contributed by atoms with Gasteiger partial charge >= 0.3 is 0 Å². The van der Waals surface area contributed by atoms with Crippen molar-refractivity contribution in [2.24, 2.45) is 0 Å². The van der Waals surface area contributed by atoms with Crippen molar-refractivity contribution < 1.29 is 23.8 Å². The second kappa shape index (κ2) is 8.26. The molecule has 7 heteroatoms. The molecule has 1 aliphatic heterocycles. The number of carbonyl (C=O) groups excluding carboxylic acids is 2. The van der Waals surface area contributed by atoms with E-state index >= 15 is 0 Å². The normalized spacial score (nSPS) is 13.9. The molecular weight excluding hydrogens is 372 g/mol. The van der Waals surface area contributed by atoms with Gasteiger partial charge in [0.25, 0.3) is 11.8 Å². The first-order valence-corrected chi connectivity index (χ1v) is 9.18. The molecule has 0 unspecified atom stereocenters. The number of anilines is 1. The van der Waals surface area contributed by atoms with Gasteiger partial charge in [-0.2, -0.15) is 0 Å². The molecule has 0 fully saturated rings. The minimum Gasteiger partial charge on any atom is -0.497 e. The SMILES string of the molecule is COc1cc(NC2=C(c3ccc(OC(C)C)cc3)C(=O)N(C)C2=O)cc(OC)c1. The molecule has 0 radical (unpaired) electrons. The summed E-state index contributed by atoms with van der Waals surface area (Å²) in [4.78, 5) is 26.6. The summed E-state index contributed by atoms with van der Waals surface area (Å²) in [5.41, 5.74) is 1.70. The molecule has 2 amide bonds. The topological polar surface area (TPSA) is 77.1 Å². The van der Waals surface area contributed by atoms with Crippen LogP contribution in [0.3, 0.4) is 0 Å². The van der Waals surface area contributed by atoms with Gasteiger partial charge in [-0.15, -0.1) is 0 Å². The number of rotatable bonds is 7. The van der Waals surface area contributed by atoms with E-state index in [-0.39, 0.29) is 17.7 Å². The summed E-state index contributed by atoms with van der Waals surface area (Å²) in [6.07, 6.45) is 0.0427. The highest BCUT2D eigenvalue weighted by Gasteiger charge is 2.36. The molecule has 0 spiro atoms. The summed E-state index contributed by atoms with van der Waals surface area (Å²) < 4.78 is 16.2. The number of carbonyl (C=O) groups is 2. The third-order valence-electron chi connectivity index (χ3n) is 4.42. The molecule has 29 heavy (non-hydrogen) atoms. The van der Waals surface area contributed by atoms with E-state index < -0.39 is 5.91 Å². The third kappa shape index (κ3) is 4.18. The molecule has 3 rings (SSSR count). The molecule has 0 aromatic heterocycles. The molecule has 0 saturated heterocycles. The minimum absolute atomic E-state index is 0.0427. The number of hydrogen-bond donors (Lipinski definition) is 1. The van der Waals surface area contributed by atoms with Crippen molar-refractivity contribution in [3.8, 4) is 17.2 Å². The summed E-state index contributed by atoms with van der Waals surface area (Å²) in [6.45, 7) is 3.88. The van der Waals surface area contributed by atoms with Crippen LogP contribution in [0.25, 0.3) is 5.57 Å². The maximum absolute atomic E-state index is 12.8. The molecule has 152 valence electrons. The van der Waals surface area contributed by atoms with Gasteiger partial charge in [0.15, 0.2) is 0 Å². The number of benzene rings is 2. The van der Waals surface area contributed by atoms with E-state index in [1.165, 1.54) is 7.05 Å². The lowest BCUT2D eigenvalue weighted by atomic mass is 10.0. The lowest BCUT2D eigenvalue weighted by molar-refractivity contribution is -0.135. The Hall–Kier alpha value is -3.48. The van der Waals surface area contributed by atoms with Gasteiger partial charge in [0.1, 0.15) is 22.9 Å². The van der Waals surface area contributed by atoms with Crippen molar-refractivity contribution in [2.75, 3.05) is 26.6 Å². The number of imide groups is 1. The zero-order valence-corrected chi connectivity index (χ0v) is 17.1. The summed E-state index contributed by atoms with van der Waals surface area (Å²) >= 11 is 0. The van der Waals surface area contributed by atoms with Gasteiger partial charge in [0, 0.05) is 30.9 Å². The van der Waals surface area contributed by atoms with Crippen molar-refractivity contribution >= 4 is 23.1 Å². The highest BCUT2D eigenvalue weighted by molar-refractivity contribution is 6.36. The van der Waals surface area contributed by atoms with Gasteiger partial charge in [-0.05, 0) is 31.5 Å². The fourth-order valence-electron chi connectivity index (χ4n) is 3.02. The van der Waals surface area contributed by atoms with Gasteiger partial charge < -0.3 is 19.5 Å². The van der Waals surface area contributed by atoms with Crippen LogP contribution in [0.1, 0.15) is 19.4 Å². The fourth-order valence-corrected chi connectivity index (χ4v) is 3.02. The van der Waals surface area contributed by atoms with Crippen molar-refractivity contribution in [2.45, 2.75) is 20.0 Å². The van der Waals surface area contributed by atoms with E-state index in [4.69, 9.17) is 14.2 Å². The molecule has 2 aromatic carbocycles. The Morgan fingerprint density at radius 3 is 1.97 bits per heavy atom. The second-order valence-electron chi connectivity index (χ2n) is 6.84. The van der Waals surface area contributed by atoms with Gasteiger partial charge in [-0.3, -0.25) is 14.5 Å². The van der Waals surface area contributed by atoms with Gasteiger partial charge in [0.2, 0.25) is 0 Å². The summed E-state index contributed by atoms with van der Waals surface area (Å²) in [5.74, 6) is 1.05. The molecule has 0 atom stereocenters. The molecule has 1 heterocycles. The lowest BCUT2D eigenvalue weighted by Gasteiger charge is -2.12. The van der Waals surface area contributed by atoms with Crippen LogP contribution in [0, 0.1) is 0 Å². The highest BCUT2D eigenvalue weighted by Crippen LogP contribution is 2.33. The fraction of sp³-hybridized carbons (Fsp3) is 0.273. The Labute approximate surface area is 169 Å². The van der Waals surface area contributed by atoms with Gasteiger partial charge in [-0.25, -0.2) is 0 Å². The average molecular weight is 396 g/mol. The van der Waals surface area contributed by atoms with Crippen LogP contribution in [0.4, 0.5) is 5.69 Å². The number of methoxy groups -OCH3 is 2. The van der Waals surface area contributed by atoms with Crippen LogP contribution in [-0.2, 0) is 9.59 Å². The van der Waals surface area contributed by atoms with Crippen molar-refractivity contribution in [3.05, 3.63) is 53.7 Å². The molecular formula is C22H24N2O5.